The first-order valence-corrected chi connectivity index (χ1v) is 7.72. The van der Waals surface area contributed by atoms with E-state index >= 15 is 0 Å². The van der Waals surface area contributed by atoms with Crippen molar-refractivity contribution in [3.8, 4) is 0 Å². The SMILES string of the molecule is CCn1ncc(N(C)C2CC3CCC(C2)N3)c(Cl)c1=O. The molecule has 2 unspecified atom stereocenters. The Morgan fingerprint density at radius 2 is 2.10 bits per heavy atom. The van der Waals surface area contributed by atoms with Crippen LogP contribution in [0.25, 0.3) is 0 Å². The Hall–Kier alpha value is -1.07. The molecular formula is C14H21ClN4O. The number of anilines is 1. The zero-order valence-electron chi connectivity index (χ0n) is 12.0. The predicted molar refractivity (Wildman–Crippen MR) is 80.6 cm³/mol. The molecule has 0 aliphatic carbocycles. The van der Waals surface area contributed by atoms with E-state index in [2.05, 4.69) is 15.3 Å². The van der Waals surface area contributed by atoms with E-state index in [-0.39, 0.29) is 10.6 Å². The minimum Gasteiger partial charge on any atom is -0.369 e. The Kier molecular flexibility index (Phi) is 3.73. The number of piperidine rings is 1. The van der Waals surface area contributed by atoms with E-state index in [1.807, 2.05) is 14.0 Å². The molecule has 1 aromatic heterocycles. The van der Waals surface area contributed by atoms with Crippen molar-refractivity contribution < 1.29 is 0 Å². The van der Waals surface area contributed by atoms with Crippen LogP contribution in [0.15, 0.2) is 11.0 Å². The average Bonchev–Trinajstić information content (AvgIpc) is 2.79. The molecule has 2 saturated heterocycles. The summed E-state index contributed by atoms with van der Waals surface area (Å²) in [6, 6.07) is 1.66. The lowest BCUT2D eigenvalue weighted by molar-refractivity contribution is 0.354. The number of rotatable bonds is 3. The molecule has 20 heavy (non-hydrogen) atoms. The molecule has 2 atom stereocenters. The standard InChI is InChI=1S/C14H21ClN4O/c1-3-19-14(20)13(15)12(8-16-19)18(2)11-6-9-4-5-10(7-11)17-9/h8-11,17H,3-7H2,1-2H3. The maximum absolute atomic E-state index is 12.1. The fourth-order valence-electron chi connectivity index (χ4n) is 3.47. The third-order valence-electron chi connectivity index (χ3n) is 4.64. The van der Waals surface area contributed by atoms with Gasteiger partial charge in [0.15, 0.2) is 0 Å². The summed E-state index contributed by atoms with van der Waals surface area (Å²) in [6.07, 6.45) is 6.47. The lowest BCUT2D eigenvalue weighted by Crippen LogP contribution is -2.47. The zero-order valence-corrected chi connectivity index (χ0v) is 12.7. The normalized spacial score (nSPS) is 28.6. The van der Waals surface area contributed by atoms with E-state index < -0.39 is 0 Å². The molecule has 2 aliphatic heterocycles. The van der Waals surface area contributed by atoms with Crippen LogP contribution in [0.5, 0.6) is 0 Å². The fourth-order valence-corrected chi connectivity index (χ4v) is 3.75. The van der Waals surface area contributed by atoms with Gasteiger partial charge in [0.25, 0.3) is 5.56 Å². The van der Waals surface area contributed by atoms with Gasteiger partial charge >= 0.3 is 0 Å². The molecule has 0 aromatic carbocycles. The number of fused-ring (bicyclic) bond motifs is 2. The van der Waals surface area contributed by atoms with Crippen molar-refractivity contribution in [2.24, 2.45) is 0 Å². The lowest BCUT2D eigenvalue weighted by atomic mass is 9.98. The molecule has 1 aromatic rings. The maximum Gasteiger partial charge on any atom is 0.287 e. The van der Waals surface area contributed by atoms with Gasteiger partial charge in [-0.15, -0.1) is 0 Å². The van der Waals surface area contributed by atoms with Crippen LogP contribution in [-0.4, -0.2) is 35.0 Å². The zero-order chi connectivity index (χ0) is 14.3. The molecule has 6 heteroatoms. The van der Waals surface area contributed by atoms with E-state index in [4.69, 9.17) is 11.6 Å². The van der Waals surface area contributed by atoms with Crippen LogP contribution in [0.1, 0.15) is 32.6 Å². The monoisotopic (exact) mass is 296 g/mol. The molecule has 3 rings (SSSR count). The molecule has 2 bridgehead atoms. The molecule has 2 aliphatic rings. The summed E-state index contributed by atoms with van der Waals surface area (Å²) >= 11 is 6.25. The van der Waals surface area contributed by atoms with Gasteiger partial charge in [0.2, 0.25) is 0 Å². The number of aromatic nitrogens is 2. The summed E-state index contributed by atoms with van der Waals surface area (Å²) in [5.41, 5.74) is 0.558. The second kappa shape index (κ2) is 5.37. The van der Waals surface area contributed by atoms with E-state index in [0.29, 0.717) is 24.7 Å². The second-order valence-electron chi connectivity index (χ2n) is 5.84. The number of nitrogens with zero attached hydrogens (tertiary/aromatic N) is 3. The highest BCUT2D eigenvalue weighted by molar-refractivity contribution is 6.33. The number of aryl methyl sites for hydroxylation is 1. The quantitative estimate of drug-likeness (QED) is 0.921. The summed E-state index contributed by atoms with van der Waals surface area (Å²) in [4.78, 5) is 14.2. The van der Waals surface area contributed by atoms with Gasteiger partial charge in [0, 0.05) is 31.7 Å². The van der Waals surface area contributed by atoms with Crippen LogP contribution in [-0.2, 0) is 6.54 Å². The minimum atomic E-state index is -0.199. The third-order valence-corrected chi connectivity index (χ3v) is 5.00. The minimum absolute atomic E-state index is 0.199. The van der Waals surface area contributed by atoms with Crippen LogP contribution in [0.2, 0.25) is 5.02 Å². The van der Waals surface area contributed by atoms with Gasteiger partial charge in [0.1, 0.15) is 5.02 Å². The fraction of sp³-hybridized carbons (Fsp3) is 0.714. The Balaban J connectivity index is 1.85. The molecule has 0 amide bonds. The van der Waals surface area contributed by atoms with Crippen LogP contribution in [0, 0.1) is 0 Å². The Morgan fingerprint density at radius 3 is 2.70 bits per heavy atom. The average molecular weight is 297 g/mol. The van der Waals surface area contributed by atoms with Crippen molar-refractivity contribution in [2.45, 2.75) is 57.3 Å². The first-order chi connectivity index (χ1) is 9.60. The molecule has 5 nitrogen and oxygen atoms in total. The van der Waals surface area contributed by atoms with Gasteiger partial charge < -0.3 is 10.2 Å². The van der Waals surface area contributed by atoms with Gasteiger partial charge in [-0.1, -0.05) is 11.6 Å². The van der Waals surface area contributed by atoms with Gasteiger partial charge in [-0.25, -0.2) is 4.68 Å². The topological polar surface area (TPSA) is 50.2 Å². The lowest BCUT2D eigenvalue weighted by Gasteiger charge is -2.37. The van der Waals surface area contributed by atoms with Crippen molar-refractivity contribution in [1.82, 2.24) is 15.1 Å². The summed E-state index contributed by atoms with van der Waals surface area (Å²) in [5.74, 6) is 0. The number of nitrogens with one attached hydrogen (secondary N) is 1. The summed E-state index contributed by atoms with van der Waals surface area (Å²) in [7, 11) is 2.02. The van der Waals surface area contributed by atoms with Crippen molar-refractivity contribution >= 4 is 17.3 Å². The first kappa shape index (κ1) is 13.9. The predicted octanol–water partition coefficient (Wildman–Crippen LogP) is 1.64. The van der Waals surface area contributed by atoms with Gasteiger partial charge in [-0.05, 0) is 32.6 Å². The van der Waals surface area contributed by atoms with Crippen LogP contribution < -0.4 is 15.8 Å². The van der Waals surface area contributed by atoms with Crippen molar-refractivity contribution in [2.75, 3.05) is 11.9 Å². The van der Waals surface area contributed by atoms with E-state index in [9.17, 15) is 4.79 Å². The van der Waals surface area contributed by atoms with Crippen molar-refractivity contribution in [1.29, 1.82) is 0 Å². The molecule has 0 saturated carbocycles. The van der Waals surface area contributed by atoms with E-state index in [1.165, 1.54) is 17.5 Å². The van der Waals surface area contributed by atoms with Gasteiger partial charge in [-0.2, -0.15) is 5.10 Å². The van der Waals surface area contributed by atoms with Crippen molar-refractivity contribution in [3.63, 3.8) is 0 Å². The van der Waals surface area contributed by atoms with Crippen molar-refractivity contribution in [3.05, 3.63) is 21.6 Å². The Labute approximate surface area is 123 Å². The first-order valence-electron chi connectivity index (χ1n) is 7.34. The summed E-state index contributed by atoms with van der Waals surface area (Å²) in [5, 5.41) is 8.11. The summed E-state index contributed by atoms with van der Waals surface area (Å²) < 4.78 is 1.39. The Morgan fingerprint density at radius 1 is 1.45 bits per heavy atom. The van der Waals surface area contributed by atoms with E-state index in [0.717, 1.165) is 18.5 Å². The van der Waals surface area contributed by atoms with Gasteiger partial charge in [0.05, 0.1) is 11.9 Å². The molecule has 3 heterocycles. The van der Waals surface area contributed by atoms with E-state index in [1.54, 1.807) is 6.20 Å². The molecule has 1 N–H and O–H groups in total. The smallest absolute Gasteiger partial charge is 0.287 e. The number of hydrogen-bond donors (Lipinski definition) is 1. The van der Waals surface area contributed by atoms with Crippen LogP contribution in [0.3, 0.4) is 0 Å². The molecule has 0 radical (unpaired) electrons. The molecule has 0 spiro atoms. The largest absolute Gasteiger partial charge is 0.369 e. The highest BCUT2D eigenvalue weighted by atomic mass is 35.5. The number of halogens is 1. The maximum atomic E-state index is 12.1. The second-order valence-corrected chi connectivity index (χ2v) is 6.22. The third kappa shape index (κ3) is 2.33. The van der Waals surface area contributed by atoms with Crippen LogP contribution >= 0.6 is 11.6 Å². The van der Waals surface area contributed by atoms with Crippen LogP contribution in [0.4, 0.5) is 5.69 Å². The highest BCUT2D eigenvalue weighted by Crippen LogP contribution is 2.32. The molecule has 110 valence electrons. The Bertz CT molecular complexity index is 547. The summed E-state index contributed by atoms with van der Waals surface area (Å²) in [6.45, 7) is 2.43. The highest BCUT2D eigenvalue weighted by Gasteiger charge is 2.35. The molecule has 2 fully saturated rings. The molecular weight excluding hydrogens is 276 g/mol. The van der Waals surface area contributed by atoms with Gasteiger partial charge in [-0.3, -0.25) is 4.79 Å². The number of hydrogen-bond acceptors (Lipinski definition) is 4.